The van der Waals surface area contributed by atoms with Crippen molar-refractivity contribution in [3.8, 4) is 0 Å². The Hall–Kier alpha value is -1.68. The summed E-state index contributed by atoms with van der Waals surface area (Å²) >= 11 is 0. The van der Waals surface area contributed by atoms with E-state index in [1.54, 1.807) is 6.21 Å². The summed E-state index contributed by atoms with van der Waals surface area (Å²) in [6.07, 6.45) is 3.48. The van der Waals surface area contributed by atoms with E-state index in [0.29, 0.717) is 5.92 Å². The SMILES string of the molecule is CC(C)c1ccc(/C=N\NC(=O)C2CCNCC2)cc1. The van der Waals surface area contributed by atoms with Crippen molar-refractivity contribution in [2.24, 2.45) is 11.0 Å². The third-order valence-electron chi connectivity index (χ3n) is 3.70. The summed E-state index contributed by atoms with van der Waals surface area (Å²) < 4.78 is 0. The molecule has 1 amide bonds. The Morgan fingerprint density at radius 3 is 2.55 bits per heavy atom. The van der Waals surface area contributed by atoms with Crippen LogP contribution in [0, 0.1) is 5.92 Å². The molecule has 1 aromatic carbocycles. The van der Waals surface area contributed by atoms with Crippen molar-refractivity contribution in [2.45, 2.75) is 32.6 Å². The van der Waals surface area contributed by atoms with Gasteiger partial charge in [0.2, 0.25) is 5.91 Å². The Morgan fingerprint density at radius 1 is 1.30 bits per heavy atom. The van der Waals surface area contributed by atoms with Gasteiger partial charge in [0.25, 0.3) is 0 Å². The first-order valence-corrected chi connectivity index (χ1v) is 7.30. The average molecular weight is 273 g/mol. The van der Waals surface area contributed by atoms with Gasteiger partial charge in [-0.1, -0.05) is 38.1 Å². The van der Waals surface area contributed by atoms with E-state index in [1.165, 1.54) is 5.56 Å². The zero-order chi connectivity index (χ0) is 14.4. The lowest BCUT2D eigenvalue weighted by Crippen LogP contribution is -2.36. The van der Waals surface area contributed by atoms with Gasteiger partial charge in [0.1, 0.15) is 0 Å². The third kappa shape index (κ3) is 4.17. The van der Waals surface area contributed by atoms with Crippen LogP contribution >= 0.6 is 0 Å². The first-order chi connectivity index (χ1) is 9.66. The first-order valence-electron chi connectivity index (χ1n) is 7.30. The molecule has 2 rings (SSSR count). The van der Waals surface area contributed by atoms with Gasteiger partial charge >= 0.3 is 0 Å². The molecule has 0 aliphatic carbocycles. The van der Waals surface area contributed by atoms with Crippen LogP contribution in [0.5, 0.6) is 0 Å². The zero-order valence-electron chi connectivity index (χ0n) is 12.2. The van der Waals surface area contributed by atoms with Crippen molar-refractivity contribution < 1.29 is 4.79 Å². The van der Waals surface area contributed by atoms with Crippen molar-refractivity contribution in [1.29, 1.82) is 0 Å². The maximum absolute atomic E-state index is 11.9. The maximum atomic E-state index is 11.9. The summed E-state index contributed by atoms with van der Waals surface area (Å²) in [7, 11) is 0. The van der Waals surface area contributed by atoms with Gasteiger partial charge < -0.3 is 5.32 Å². The molecular weight excluding hydrogens is 250 g/mol. The van der Waals surface area contributed by atoms with Gasteiger partial charge in [-0.15, -0.1) is 0 Å². The van der Waals surface area contributed by atoms with Gasteiger partial charge in [0.15, 0.2) is 0 Å². The molecule has 1 saturated heterocycles. The molecule has 0 saturated carbocycles. The lowest BCUT2D eigenvalue weighted by atomic mass is 9.98. The van der Waals surface area contributed by atoms with E-state index in [0.717, 1.165) is 31.5 Å². The van der Waals surface area contributed by atoms with Crippen molar-refractivity contribution in [1.82, 2.24) is 10.7 Å². The second kappa shape index (κ2) is 7.20. The van der Waals surface area contributed by atoms with E-state index in [9.17, 15) is 4.79 Å². The monoisotopic (exact) mass is 273 g/mol. The van der Waals surface area contributed by atoms with Gasteiger partial charge in [-0.05, 0) is 43.0 Å². The second-order valence-corrected chi connectivity index (χ2v) is 5.58. The van der Waals surface area contributed by atoms with Crippen LogP contribution in [0.3, 0.4) is 0 Å². The van der Waals surface area contributed by atoms with E-state index in [-0.39, 0.29) is 11.8 Å². The number of nitrogens with one attached hydrogen (secondary N) is 2. The number of carbonyl (C=O) groups excluding carboxylic acids is 1. The minimum absolute atomic E-state index is 0.0292. The van der Waals surface area contributed by atoms with Crippen LogP contribution in [0.25, 0.3) is 0 Å². The molecule has 0 aromatic heterocycles. The molecular formula is C16H23N3O. The van der Waals surface area contributed by atoms with Crippen LogP contribution in [0.1, 0.15) is 43.7 Å². The molecule has 1 fully saturated rings. The summed E-state index contributed by atoms with van der Waals surface area (Å²) in [5.74, 6) is 0.652. The van der Waals surface area contributed by atoms with Gasteiger partial charge in [0, 0.05) is 5.92 Å². The topological polar surface area (TPSA) is 53.5 Å². The molecule has 1 aliphatic heterocycles. The second-order valence-electron chi connectivity index (χ2n) is 5.58. The first kappa shape index (κ1) is 14.7. The number of hydrogen-bond donors (Lipinski definition) is 2. The molecule has 108 valence electrons. The Balaban J connectivity index is 1.84. The Morgan fingerprint density at radius 2 is 1.95 bits per heavy atom. The minimum atomic E-state index is 0.0292. The number of hydrazone groups is 1. The summed E-state index contributed by atoms with van der Waals surface area (Å²) in [6.45, 7) is 6.17. The lowest BCUT2D eigenvalue weighted by molar-refractivity contribution is -0.125. The number of piperidine rings is 1. The molecule has 20 heavy (non-hydrogen) atoms. The largest absolute Gasteiger partial charge is 0.317 e. The molecule has 4 heteroatoms. The molecule has 0 unspecified atom stereocenters. The summed E-state index contributed by atoms with van der Waals surface area (Å²) in [4.78, 5) is 11.9. The van der Waals surface area contributed by atoms with Crippen LogP contribution in [0.15, 0.2) is 29.4 Å². The predicted octanol–water partition coefficient (Wildman–Crippen LogP) is 2.26. The number of carbonyl (C=O) groups is 1. The van der Waals surface area contributed by atoms with E-state index in [2.05, 4.69) is 41.8 Å². The van der Waals surface area contributed by atoms with Crippen LogP contribution < -0.4 is 10.7 Å². The molecule has 1 aliphatic rings. The molecule has 0 radical (unpaired) electrons. The molecule has 0 bridgehead atoms. The van der Waals surface area contributed by atoms with Gasteiger partial charge in [0.05, 0.1) is 6.21 Å². The summed E-state index contributed by atoms with van der Waals surface area (Å²) in [5, 5.41) is 7.29. The smallest absolute Gasteiger partial charge is 0.243 e. The molecule has 0 spiro atoms. The summed E-state index contributed by atoms with van der Waals surface area (Å²) in [5.41, 5.74) is 4.95. The fourth-order valence-electron chi connectivity index (χ4n) is 2.31. The van der Waals surface area contributed by atoms with E-state index < -0.39 is 0 Å². The highest BCUT2D eigenvalue weighted by molar-refractivity contribution is 5.83. The standard InChI is InChI=1S/C16H23N3O/c1-12(2)14-5-3-13(4-6-14)11-18-19-16(20)15-7-9-17-10-8-15/h3-6,11-12,15,17H,7-10H2,1-2H3,(H,19,20)/b18-11-. The highest BCUT2D eigenvalue weighted by Gasteiger charge is 2.20. The Kier molecular flexibility index (Phi) is 5.30. The molecule has 0 atom stereocenters. The highest BCUT2D eigenvalue weighted by atomic mass is 16.2. The van der Waals surface area contributed by atoms with Crippen molar-refractivity contribution in [2.75, 3.05) is 13.1 Å². The van der Waals surface area contributed by atoms with Crippen molar-refractivity contribution in [3.05, 3.63) is 35.4 Å². The third-order valence-corrected chi connectivity index (χ3v) is 3.70. The van der Waals surface area contributed by atoms with Crippen molar-refractivity contribution in [3.63, 3.8) is 0 Å². The lowest BCUT2D eigenvalue weighted by Gasteiger charge is -2.20. The predicted molar refractivity (Wildman–Crippen MR) is 81.9 cm³/mol. The highest BCUT2D eigenvalue weighted by Crippen LogP contribution is 2.14. The fourth-order valence-corrected chi connectivity index (χ4v) is 2.31. The molecule has 4 nitrogen and oxygen atoms in total. The average Bonchev–Trinajstić information content (AvgIpc) is 2.48. The fraction of sp³-hybridized carbons (Fsp3) is 0.500. The number of nitrogens with zero attached hydrogens (tertiary/aromatic N) is 1. The number of hydrogen-bond acceptors (Lipinski definition) is 3. The van der Waals surface area contributed by atoms with E-state index in [1.807, 2.05) is 12.1 Å². The number of benzene rings is 1. The number of amides is 1. The van der Waals surface area contributed by atoms with Crippen LogP contribution in [-0.4, -0.2) is 25.2 Å². The Bertz CT molecular complexity index is 459. The molecule has 1 aromatic rings. The van der Waals surface area contributed by atoms with Gasteiger partial charge in [-0.25, -0.2) is 5.43 Å². The van der Waals surface area contributed by atoms with Gasteiger partial charge in [-0.2, -0.15) is 5.10 Å². The maximum Gasteiger partial charge on any atom is 0.243 e. The minimum Gasteiger partial charge on any atom is -0.317 e. The molecule has 1 heterocycles. The zero-order valence-corrected chi connectivity index (χ0v) is 12.2. The van der Waals surface area contributed by atoms with Crippen LogP contribution in [-0.2, 0) is 4.79 Å². The van der Waals surface area contributed by atoms with Crippen LogP contribution in [0.4, 0.5) is 0 Å². The number of rotatable bonds is 4. The normalized spacial score (nSPS) is 16.8. The van der Waals surface area contributed by atoms with Gasteiger partial charge in [-0.3, -0.25) is 4.79 Å². The summed E-state index contributed by atoms with van der Waals surface area (Å²) in [6, 6.07) is 8.24. The van der Waals surface area contributed by atoms with E-state index >= 15 is 0 Å². The quantitative estimate of drug-likeness (QED) is 0.653. The van der Waals surface area contributed by atoms with E-state index in [4.69, 9.17) is 0 Å². The Labute approximate surface area is 120 Å². The van der Waals surface area contributed by atoms with Crippen molar-refractivity contribution >= 4 is 12.1 Å². The van der Waals surface area contributed by atoms with Crippen LogP contribution in [0.2, 0.25) is 0 Å². The molecule has 2 N–H and O–H groups in total.